The highest BCUT2D eigenvalue weighted by molar-refractivity contribution is 5.84. The summed E-state index contributed by atoms with van der Waals surface area (Å²) in [6, 6.07) is 7.01. The molecule has 0 fully saturated rings. The van der Waals surface area contributed by atoms with E-state index < -0.39 is 5.97 Å². The molecule has 1 aliphatic rings. The number of aromatic carboxylic acids is 1. The Morgan fingerprint density at radius 2 is 2.33 bits per heavy atom. The van der Waals surface area contributed by atoms with Crippen LogP contribution in [0.4, 0.5) is 5.82 Å². The van der Waals surface area contributed by atoms with Gasteiger partial charge >= 0.3 is 5.97 Å². The molecule has 0 saturated carbocycles. The zero-order valence-electron chi connectivity index (χ0n) is 11.2. The summed E-state index contributed by atoms with van der Waals surface area (Å²) in [6.07, 6.45) is 2.97. The maximum Gasteiger partial charge on any atom is 0.371 e. The van der Waals surface area contributed by atoms with Crippen LogP contribution in [0.1, 0.15) is 39.6 Å². The number of pyridine rings is 1. The lowest BCUT2D eigenvalue weighted by molar-refractivity contribution is 0.0660. The average Bonchev–Trinajstić information content (AvgIpc) is 3.12. The Hall–Kier alpha value is -2.81. The van der Waals surface area contributed by atoms with Crippen LogP contribution in [-0.2, 0) is 19.4 Å². The number of aromatic nitrogens is 1. The van der Waals surface area contributed by atoms with Crippen LogP contribution in [0.2, 0.25) is 0 Å². The van der Waals surface area contributed by atoms with Gasteiger partial charge in [-0.15, -0.1) is 0 Å². The molecule has 0 saturated heterocycles. The highest BCUT2D eigenvalue weighted by atomic mass is 16.4. The fraction of sp³-hybridized carbons (Fsp3) is 0.267. The summed E-state index contributed by atoms with van der Waals surface area (Å²) in [6.45, 7) is 0.285. The van der Waals surface area contributed by atoms with Crippen molar-refractivity contribution < 1.29 is 14.3 Å². The molecule has 0 atom stereocenters. The van der Waals surface area contributed by atoms with E-state index >= 15 is 0 Å². The minimum absolute atomic E-state index is 0.103. The van der Waals surface area contributed by atoms with E-state index in [0.29, 0.717) is 17.1 Å². The van der Waals surface area contributed by atoms with Crippen molar-refractivity contribution in [3.05, 3.63) is 46.5 Å². The SMILES string of the molecule is N#Cc1cc2c(nc1NCc1ccc(C(=O)O)o1)CCC2. The standard InChI is InChI=1S/C15H13N3O3/c16-7-10-6-9-2-1-3-12(9)18-14(10)17-8-11-4-5-13(21-11)15(19)20/h4-6H,1-3,8H2,(H,17,18)(H,19,20). The normalized spacial score (nSPS) is 12.7. The molecule has 2 heterocycles. The molecule has 21 heavy (non-hydrogen) atoms. The van der Waals surface area contributed by atoms with Gasteiger partial charge in [0.05, 0.1) is 12.1 Å². The fourth-order valence-corrected chi connectivity index (χ4v) is 2.45. The molecule has 3 rings (SSSR count). The summed E-state index contributed by atoms with van der Waals surface area (Å²) in [7, 11) is 0. The maximum absolute atomic E-state index is 10.7. The minimum Gasteiger partial charge on any atom is -0.475 e. The van der Waals surface area contributed by atoms with Crippen LogP contribution in [0.3, 0.4) is 0 Å². The van der Waals surface area contributed by atoms with E-state index in [1.807, 2.05) is 6.07 Å². The van der Waals surface area contributed by atoms with E-state index in [2.05, 4.69) is 16.4 Å². The van der Waals surface area contributed by atoms with Crippen molar-refractivity contribution in [2.24, 2.45) is 0 Å². The molecule has 6 heteroatoms. The second-order valence-electron chi connectivity index (χ2n) is 4.88. The number of carbonyl (C=O) groups is 1. The van der Waals surface area contributed by atoms with Gasteiger partial charge in [0.15, 0.2) is 0 Å². The number of aryl methyl sites for hydroxylation is 2. The van der Waals surface area contributed by atoms with E-state index in [4.69, 9.17) is 9.52 Å². The highest BCUT2D eigenvalue weighted by Crippen LogP contribution is 2.25. The van der Waals surface area contributed by atoms with Crippen LogP contribution in [0.25, 0.3) is 0 Å². The van der Waals surface area contributed by atoms with E-state index in [1.165, 1.54) is 6.07 Å². The monoisotopic (exact) mass is 283 g/mol. The second kappa shape index (κ2) is 5.29. The molecule has 0 aliphatic heterocycles. The average molecular weight is 283 g/mol. The van der Waals surface area contributed by atoms with E-state index in [1.54, 1.807) is 6.07 Å². The number of furan rings is 1. The first-order valence-corrected chi connectivity index (χ1v) is 6.66. The van der Waals surface area contributed by atoms with E-state index in [-0.39, 0.29) is 12.3 Å². The Morgan fingerprint density at radius 3 is 3.05 bits per heavy atom. The third kappa shape index (κ3) is 2.58. The number of fused-ring (bicyclic) bond motifs is 1. The number of anilines is 1. The zero-order chi connectivity index (χ0) is 14.8. The number of carboxylic acids is 1. The summed E-state index contributed by atoms with van der Waals surface area (Å²) in [5.74, 6) is -0.200. The molecule has 1 aliphatic carbocycles. The highest BCUT2D eigenvalue weighted by Gasteiger charge is 2.16. The Labute approximate surface area is 121 Å². The summed E-state index contributed by atoms with van der Waals surface area (Å²) in [5.41, 5.74) is 2.67. The van der Waals surface area contributed by atoms with Crippen LogP contribution in [0, 0.1) is 11.3 Å². The predicted octanol–water partition coefficient (Wildman–Crippen LogP) is 2.35. The van der Waals surface area contributed by atoms with Crippen molar-refractivity contribution in [1.29, 1.82) is 5.26 Å². The van der Waals surface area contributed by atoms with Crippen LogP contribution >= 0.6 is 0 Å². The van der Waals surface area contributed by atoms with Gasteiger partial charge in [0.1, 0.15) is 17.6 Å². The summed E-state index contributed by atoms with van der Waals surface area (Å²) in [5, 5.41) is 21.0. The van der Waals surface area contributed by atoms with Crippen molar-refractivity contribution in [3.8, 4) is 6.07 Å². The zero-order valence-corrected chi connectivity index (χ0v) is 11.2. The van der Waals surface area contributed by atoms with E-state index in [9.17, 15) is 10.1 Å². The molecule has 0 unspecified atom stereocenters. The Morgan fingerprint density at radius 1 is 1.48 bits per heavy atom. The number of nitriles is 1. The number of carboxylic acid groups (broad SMARTS) is 1. The number of hydrogen-bond donors (Lipinski definition) is 2. The van der Waals surface area contributed by atoms with Crippen molar-refractivity contribution in [1.82, 2.24) is 4.98 Å². The molecular formula is C15H13N3O3. The number of nitrogens with zero attached hydrogens (tertiary/aromatic N) is 2. The molecule has 2 N–H and O–H groups in total. The number of hydrogen-bond acceptors (Lipinski definition) is 5. The topological polar surface area (TPSA) is 99.2 Å². The van der Waals surface area contributed by atoms with Gasteiger partial charge in [-0.3, -0.25) is 0 Å². The van der Waals surface area contributed by atoms with Gasteiger partial charge in [-0.25, -0.2) is 9.78 Å². The smallest absolute Gasteiger partial charge is 0.371 e. The minimum atomic E-state index is -1.10. The van der Waals surface area contributed by atoms with Gasteiger partial charge in [-0.2, -0.15) is 5.26 Å². The molecule has 0 amide bonds. The van der Waals surface area contributed by atoms with Gasteiger partial charge in [-0.05, 0) is 43.0 Å². The lowest BCUT2D eigenvalue weighted by Gasteiger charge is -2.08. The molecule has 6 nitrogen and oxygen atoms in total. The molecule has 0 spiro atoms. The van der Waals surface area contributed by atoms with Crippen molar-refractivity contribution in [2.45, 2.75) is 25.8 Å². The second-order valence-corrected chi connectivity index (χ2v) is 4.88. The number of nitrogens with one attached hydrogen (secondary N) is 1. The Kier molecular flexibility index (Phi) is 3.32. The summed E-state index contributed by atoms with van der Waals surface area (Å²) in [4.78, 5) is 15.2. The Balaban J connectivity index is 1.78. The molecule has 0 bridgehead atoms. The molecule has 2 aromatic heterocycles. The van der Waals surface area contributed by atoms with Gasteiger partial charge in [0.2, 0.25) is 5.76 Å². The first-order chi connectivity index (χ1) is 10.2. The Bertz CT molecular complexity index is 743. The largest absolute Gasteiger partial charge is 0.475 e. The number of rotatable bonds is 4. The van der Waals surface area contributed by atoms with E-state index in [0.717, 1.165) is 30.5 Å². The maximum atomic E-state index is 10.7. The first kappa shape index (κ1) is 13.2. The lowest BCUT2D eigenvalue weighted by atomic mass is 10.1. The summed E-state index contributed by atoms with van der Waals surface area (Å²) < 4.78 is 5.16. The molecule has 0 aromatic carbocycles. The van der Waals surface area contributed by atoms with Crippen LogP contribution in [-0.4, -0.2) is 16.1 Å². The van der Waals surface area contributed by atoms with Crippen LogP contribution in [0.15, 0.2) is 22.6 Å². The van der Waals surface area contributed by atoms with Crippen LogP contribution in [0.5, 0.6) is 0 Å². The lowest BCUT2D eigenvalue weighted by Crippen LogP contribution is -2.05. The van der Waals surface area contributed by atoms with Crippen molar-refractivity contribution >= 4 is 11.8 Å². The van der Waals surface area contributed by atoms with Crippen molar-refractivity contribution in [3.63, 3.8) is 0 Å². The molecule has 2 aromatic rings. The molecule has 106 valence electrons. The van der Waals surface area contributed by atoms with Gasteiger partial charge in [-0.1, -0.05) is 0 Å². The molecule has 0 radical (unpaired) electrons. The van der Waals surface area contributed by atoms with Crippen LogP contribution < -0.4 is 5.32 Å². The fourth-order valence-electron chi connectivity index (χ4n) is 2.45. The quantitative estimate of drug-likeness (QED) is 0.893. The van der Waals surface area contributed by atoms with Gasteiger partial charge in [0, 0.05) is 5.69 Å². The third-order valence-corrected chi connectivity index (χ3v) is 3.47. The van der Waals surface area contributed by atoms with Crippen molar-refractivity contribution in [2.75, 3.05) is 5.32 Å². The third-order valence-electron chi connectivity index (χ3n) is 3.47. The predicted molar refractivity (Wildman–Crippen MR) is 74.0 cm³/mol. The van der Waals surface area contributed by atoms with Gasteiger partial charge in [0.25, 0.3) is 0 Å². The first-order valence-electron chi connectivity index (χ1n) is 6.66. The molecular weight excluding hydrogens is 270 g/mol. The van der Waals surface area contributed by atoms with Gasteiger partial charge < -0.3 is 14.8 Å². The summed E-state index contributed by atoms with van der Waals surface area (Å²) >= 11 is 0.